The zero-order valence-electron chi connectivity index (χ0n) is 10.9. The molecule has 0 amide bonds. The first-order valence-corrected chi connectivity index (χ1v) is 6.40. The molecule has 0 radical (unpaired) electrons. The van der Waals surface area contributed by atoms with E-state index in [1.54, 1.807) is 0 Å². The number of fused-ring (bicyclic) bond motifs is 1. The number of aromatic nitrogens is 1. The van der Waals surface area contributed by atoms with Crippen molar-refractivity contribution in [1.82, 2.24) is 10.3 Å². The number of H-pyrrole nitrogens is 1. The maximum Gasteiger partial charge on any atom is 0.0976 e. The monoisotopic (exact) mass is 241 g/mol. The molecule has 0 spiro atoms. The Bertz CT molecular complexity index is 548. The molecule has 3 heteroatoms. The van der Waals surface area contributed by atoms with Crippen LogP contribution < -0.4 is 5.32 Å². The van der Waals surface area contributed by atoms with E-state index in [-0.39, 0.29) is 6.04 Å². The molecule has 0 aliphatic carbocycles. The number of hydrogen-bond donors (Lipinski definition) is 2. The lowest BCUT2D eigenvalue weighted by Crippen LogP contribution is -2.33. The van der Waals surface area contributed by atoms with E-state index in [0.717, 1.165) is 13.0 Å². The predicted molar refractivity (Wildman–Crippen MR) is 74.2 cm³/mol. The Morgan fingerprint density at radius 1 is 1.33 bits per heavy atom. The quantitative estimate of drug-likeness (QED) is 0.845. The Labute approximate surface area is 108 Å². The van der Waals surface area contributed by atoms with Gasteiger partial charge in [-0.15, -0.1) is 0 Å². The van der Waals surface area contributed by atoms with Gasteiger partial charge in [0, 0.05) is 23.6 Å². The summed E-state index contributed by atoms with van der Waals surface area (Å²) in [4.78, 5) is 3.27. The molecule has 1 aromatic carbocycles. The average Bonchev–Trinajstić information content (AvgIpc) is 2.78. The van der Waals surface area contributed by atoms with Crippen molar-refractivity contribution in [2.24, 2.45) is 5.92 Å². The lowest BCUT2D eigenvalue weighted by molar-refractivity contribution is 0.475. The molecule has 1 atom stereocenters. The number of benzene rings is 1. The van der Waals surface area contributed by atoms with Gasteiger partial charge in [-0.3, -0.25) is 0 Å². The molecule has 0 saturated heterocycles. The SMILES string of the molecule is CC(C)C(C#N)NCCc1c[nH]c2ccccc12. The van der Waals surface area contributed by atoms with Crippen LogP contribution in [0.25, 0.3) is 10.9 Å². The van der Waals surface area contributed by atoms with Gasteiger partial charge in [-0.2, -0.15) is 5.26 Å². The van der Waals surface area contributed by atoms with Crippen LogP contribution >= 0.6 is 0 Å². The first-order valence-electron chi connectivity index (χ1n) is 6.40. The normalized spacial score (nSPS) is 12.8. The van der Waals surface area contributed by atoms with E-state index >= 15 is 0 Å². The number of nitrogens with one attached hydrogen (secondary N) is 2. The van der Waals surface area contributed by atoms with Gasteiger partial charge < -0.3 is 10.3 Å². The molecule has 0 bridgehead atoms. The van der Waals surface area contributed by atoms with Crippen molar-refractivity contribution in [3.8, 4) is 6.07 Å². The number of rotatable bonds is 5. The van der Waals surface area contributed by atoms with Gasteiger partial charge in [0.25, 0.3) is 0 Å². The fourth-order valence-corrected chi connectivity index (χ4v) is 2.13. The van der Waals surface area contributed by atoms with E-state index < -0.39 is 0 Å². The molecule has 2 N–H and O–H groups in total. The van der Waals surface area contributed by atoms with Gasteiger partial charge in [0.1, 0.15) is 0 Å². The minimum absolute atomic E-state index is 0.0600. The average molecular weight is 241 g/mol. The van der Waals surface area contributed by atoms with Crippen LogP contribution in [0.3, 0.4) is 0 Å². The molecule has 2 aromatic rings. The third kappa shape index (κ3) is 2.72. The minimum atomic E-state index is -0.0600. The van der Waals surface area contributed by atoms with E-state index in [1.807, 2.05) is 6.07 Å². The molecule has 1 heterocycles. The second-order valence-electron chi connectivity index (χ2n) is 4.91. The maximum atomic E-state index is 9.01. The molecule has 3 nitrogen and oxygen atoms in total. The van der Waals surface area contributed by atoms with Crippen LogP contribution in [0.15, 0.2) is 30.5 Å². The third-order valence-electron chi connectivity index (χ3n) is 3.24. The van der Waals surface area contributed by atoms with Gasteiger partial charge in [-0.25, -0.2) is 0 Å². The fraction of sp³-hybridized carbons (Fsp3) is 0.400. The standard InChI is InChI=1S/C15H19N3/c1-11(2)15(9-16)17-8-7-12-10-18-14-6-4-3-5-13(12)14/h3-6,10-11,15,17-18H,7-8H2,1-2H3. The van der Waals surface area contributed by atoms with Crippen molar-refractivity contribution in [2.45, 2.75) is 26.3 Å². The van der Waals surface area contributed by atoms with Gasteiger partial charge >= 0.3 is 0 Å². The molecular formula is C15H19N3. The Kier molecular flexibility index (Phi) is 4.01. The summed E-state index contributed by atoms with van der Waals surface area (Å²) in [6, 6.07) is 10.5. The van der Waals surface area contributed by atoms with Crippen LogP contribution in [-0.4, -0.2) is 17.6 Å². The summed E-state index contributed by atoms with van der Waals surface area (Å²) < 4.78 is 0. The molecule has 1 aromatic heterocycles. The number of para-hydroxylation sites is 1. The Hall–Kier alpha value is -1.79. The highest BCUT2D eigenvalue weighted by Crippen LogP contribution is 2.17. The summed E-state index contributed by atoms with van der Waals surface area (Å²) in [5.41, 5.74) is 2.48. The topological polar surface area (TPSA) is 51.6 Å². The number of nitrogens with zero attached hydrogens (tertiary/aromatic N) is 1. The second kappa shape index (κ2) is 5.70. The van der Waals surface area contributed by atoms with E-state index in [1.165, 1.54) is 16.5 Å². The first-order chi connectivity index (χ1) is 8.72. The Balaban J connectivity index is 1.97. The van der Waals surface area contributed by atoms with E-state index in [4.69, 9.17) is 5.26 Å². The van der Waals surface area contributed by atoms with E-state index in [9.17, 15) is 0 Å². The largest absolute Gasteiger partial charge is 0.361 e. The van der Waals surface area contributed by atoms with Gasteiger partial charge in [0.15, 0.2) is 0 Å². The predicted octanol–water partition coefficient (Wildman–Crippen LogP) is 2.85. The Morgan fingerprint density at radius 3 is 2.83 bits per heavy atom. The van der Waals surface area contributed by atoms with Crippen LogP contribution in [0.5, 0.6) is 0 Å². The first kappa shape index (κ1) is 12.7. The molecule has 0 fully saturated rings. The lowest BCUT2D eigenvalue weighted by Gasteiger charge is -2.14. The van der Waals surface area contributed by atoms with Crippen LogP contribution in [0.1, 0.15) is 19.4 Å². The zero-order valence-corrected chi connectivity index (χ0v) is 10.9. The number of aromatic amines is 1. The summed E-state index contributed by atoms with van der Waals surface area (Å²) in [5.74, 6) is 0.345. The summed E-state index contributed by atoms with van der Waals surface area (Å²) in [5, 5.41) is 13.6. The van der Waals surface area contributed by atoms with Gasteiger partial charge in [-0.1, -0.05) is 32.0 Å². The van der Waals surface area contributed by atoms with Gasteiger partial charge in [0.2, 0.25) is 0 Å². The molecule has 1 unspecified atom stereocenters. The van der Waals surface area contributed by atoms with Crippen LogP contribution in [0, 0.1) is 17.2 Å². The molecule has 0 saturated carbocycles. The highest BCUT2D eigenvalue weighted by atomic mass is 14.9. The van der Waals surface area contributed by atoms with Crippen molar-refractivity contribution >= 4 is 10.9 Å². The zero-order chi connectivity index (χ0) is 13.0. The van der Waals surface area contributed by atoms with Crippen LogP contribution in [-0.2, 0) is 6.42 Å². The summed E-state index contributed by atoms with van der Waals surface area (Å²) >= 11 is 0. The van der Waals surface area contributed by atoms with E-state index in [0.29, 0.717) is 5.92 Å². The van der Waals surface area contributed by atoms with Crippen LogP contribution in [0.2, 0.25) is 0 Å². The Morgan fingerprint density at radius 2 is 2.11 bits per heavy atom. The lowest BCUT2D eigenvalue weighted by atomic mass is 10.1. The molecule has 0 aliphatic heterocycles. The highest BCUT2D eigenvalue weighted by Gasteiger charge is 2.11. The van der Waals surface area contributed by atoms with Crippen molar-refractivity contribution in [2.75, 3.05) is 6.54 Å². The molecular weight excluding hydrogens is 222 g/mol. The minimum Gasteiger partial charge on any atom is -0.361 e. The third-order valence-corrected chi connectivity index (χ3v) is 3.24. The summed E-state index contributed by atoms with van der Waals surface area (Å²) in [7, 11) is 0. The molecule has 18 heavy (non-hydrogen) atoms. The second-order valence-corrected chi connectivity index (χ2v) is 4.91. The van der Waals surface area contributed by atoms with Crippen molar-refractivity contribution < 1.29 is 0 Å². The van der Waals surface area contributed by atoms with E-state index in [2.05, 4.69) is 54.6 Å². The summed E-state index contributed by atoms with van der Waals surface area (Å²) in [6.45, 7) is 4.96. The molecule has 2 rings (SSSR count). The maximum absolute atomic E-state index is 9.01. The van der Waals surface area contributed by atoms with Crippen molar-refractivity contribution in [3.05, 3.63) is 36.0 Å². The number of nitriles is 1. The number of hydrogen-bond acceptors (Lipinski definition) is 2. The highest BCUT2D eigenvalue weighted by molar-refractivity contribution is 5.83. The van der Waals surface area contributed by atoms with Crippen molar-refractivity contribution in [3.63, 3.8) is 0 Å². The van der Waals surface area contributed by atoms with Gasteiger partial charge in [0.05, 0.1) is 12.1 Å². The van der Waals surface area contributed by atoms with Crippen LogP contribution in [0.4, 0.5) is 0 Å². The smallest absolute Gasteiger partial charge is 0.0976 e. The molecule has 94 valence electrons. The van der Waals surface area contributed by atoms with Crippen molar-refractivity contribution in [1.29, 1.82) is 5.26 Å². The molecule has 0 aliphatic rings. The fourth-order valence-electron chi connectivity index (χ4n) is 2.13. The van der Waals surface area contributed by atoms with Gasteiger partial charge in [-0.05, 0) is 24.0 Å². The summed E-state index contributed by atoms with van der Waals surface area (Å²) in [6.07, 6.45) is 3.00.